The number of nitrogens with zero attached hydrogens (tertiary/aromatic N) is 3. The summed E-state index contributed by atoms with van der Waals surface area (Å²) in [6, 6.07) is 2.57. The van der Waals surface area contributed by atoms with Gasteiger partial charge >= 0.3 is 0 Å². The number of aromatic nitrogens is 1. The number of carbonyl (C=O) groups excluding carboxylic acids is 1. The molecule has 1 N–H and O–H groups in total. The summed E-state index contributed by atoms with van der Waals surface area (Å²) in [5.41, 5.74) is 1.10. The maximum absolute atomic E-state index is 14.1. The molecule has 0 amide bonds. The zero-order valence-corrected chi connectivity index (χ0v) is 16.7. The van der Waals surface area contributed by atoms with Crippen molar-refractivity contribution in [2.45, 2.75) is 33.7 Å². The Labute approximate surface area is 163 Å². The number of hydrogen-bond acceptors (Lipinski definition) is 4. The third-order valence-corrected chi connectivity index (χ3v) is 5.52. The molecule has 150 valence electrons. The molecule has 2 heterocycles. The van der Waals surface area contributed by atoms with Gasteiger partial charge in [-0.1, -0.05) is 0 Å². The highest BCUT2D eigenvalue weighted by Crippen LogP contribution is 2.25. The number of nitrogens with one attached hydrogen (secondary N) is 1. The Morgan fingerprint density at radius 1 is 1.14 bits per heavy atom. The summed E-state index contributed by atoms with van der Waals surface area (Å²) in [6.45, 7) is 11.3. The van der Waals surface area contributed by atoms with Crippen LogP contribution in [0.3, 0.4) is 0 Å². The second-order valence-corrected chi connectivity index (χ2v) is 7.37. The second-order valence-electron chi connectivity index (χ2n) is 7.37. The molecule has 2 aromatic rings. The van der Waals surface area contributed by atoms with Gasteiger partial charge in [-0.15, -0.1) is 0 Å². The van der Waals surface area contributed by atoms with Crippen LogP contribution in [0, 0.1) is 24.0 Å². The van der Waals surface area contributed by atoms with E-state index in [2.05, 4.69) is 23.6 Å². The SMILES string of the molecule is CC=C(N1CCN(C(C)C)CC1)n1c(C)c(C=O)c(=N)c2cc(F)c(F)cc21. The highest BCUT2D eigenvalue weighted by Gasteiger charge is 2.24. The molecule has 5 nitrogen and oxygen atoms in total. The lowest BCUT2D eigenvalue weighted by Crippen LogP contribution is -2.48. The van der Waals surface area contributed by atoms with Crippen molar-refractivity contribution in [3.8, 4) is 0 Å². The van der Waals surface area contributed by atoms with E-state index in [0.717, 1.165) is 44.1 Å². The summed E-state index contributed by atoms with van der Waals surface area (Å²) in [5, 5.41) is 8.42. The van der Waals surface area contributed by atoms with E-state index < -0.39 is 11.6 Å². The zero-order chi connectivity index (χ0) is 20.6. The highest BCUT2D eigenvalue weighted by atomic mass is 19.2. The Morgan fingerprint density at radius 2 is 1.75 bits per heavy atom. The van der Waals surface area contributed by atoms with Crippen LogP contribution in [0.5, 0.6) is 0 Å². The van der Waals surface area contributed by atoms with Crippen molar-refractivity contribution in [2.75, 3.05) is 26.2 Å². The van der Waals surface area contributed by atoms with Gasteiger partial charge in [-0.3, -0.25) is 19.7 Å². The number of carbonyl (C=O) groups is 1. The van der Waals surface area contributed by atoms with Crippen molar-refractivity contribution in [2.24, 2.45) is 0 Å². The summed E-state index contributed by atoms with van der Waals surface area (Å²) in [7, 11) is 0. The zero-order valence-electron chi connectivity index (χ0n) is 16.7. The molecule has 1 aromatic carbocycles. The molecule has 1 aliphatic heterocycles. The first kappa shape index (κ1) is 20.2. The Bertz CT molecular complexity index is 1000. The van der Waals surface area contributed by atoms with E-state index in [-0.39, 0.29) is 16.3 Å². The van der Waals surface area contributed by atoms with Gasteiger partial charge in [0.1, 0.15) is 5.82 Å². The van der Waals surface area contributed by atoms with Crippen LogP contribution in [-0.2, 0) is 0 Å². The topological polar surface area (TPSA) is 52.3 Å². The third-order valence-electron chi connectivity index (χ3n) is 5.52. The molecular weight excluding hydrogens is 362 g/mol. The minimum absolute atomic E-state index is 0.0854. The summed E-state index contributed by atoms with van der Waals surface area (Å²) >= 11 is 0. The van der Waals surface area contributed by atoms with Gasteiger partial charge in [0.2, 0.25) is 0 Å². The number of halogens is 2. The van der Waals surface area contributed by atoms with E-state index in [0.29, 0.717) is 23.5 Å². The molecule has 28 heavy (non-hydrogen) atoms. The van der Waals surface area contributed by atoms with E-state index >= 15 is 0 Å². The molecule has 0 aliphatic carbocycles. The van der Waals surface area contributed by atoms with Crippen LogP contribution in [0.2, 0.25) is 0 Å². The fourth-order valence-electron chi connectivity index (χ4n) is 3.91. The lowest BCUT2D eigenvalue weighted by atomic mass is 10.1. The van der Waals surface area contributed by atoms with Gasteiger partial charge < -0.3 is 4.90 Å². The average Bonchev–Trinajstić information content (AvgIpc) is 2.67. The van der Waals surface area contributed by atoms with E-state index in [1.54, 1.807) is 11.5 Å². The number of allylic oxidation sites excluding steroid dienone is 1. The van der Waals surface area contributed by atoms with Crippen LogP contribution < -0.4 is 5.36 Å². The van der Waals surface area contributed by atoms with Gasteiger partial charge in [0.25, 0.3) is 0 Å². The van der Waals surface area contributed by atoms with E-state index in [4.69, 9.17) is 5.41 Å². The number of hydrogen-bond donors (Lipinski definition) is 1. The standard InChI is InChI=1S/C21H26F2N4O/c1-5-20(26-8-6-25(7-9-26)13(2)3)27-14(4)16(12-28)21(24)15-10-17(22)18(23)11-19(15)27/h5,10-13,24H,6-9H2,1-4H3. The average molecular weight is 388 g/mol. The van der Waals surface area contributed by atoms with Crippen molar-refractivity contribution < 1.29 is 13.6 Å². The van der Waals surface area contributed by atoms with E-state index in [1.807, 2.05) is 13.0 Å². The largest absolute Gasteiger partial charge is 0.355 e. The Balaban J connectivity index is 2.19. The molecule has 1 saturated heterocycles. The van der Waals surface area contributed by atoms with Crippen LogP contribution in [0.15, 0.2) is 18.2 Å². The second kappa shape index (κ2) is 7.83. The number of pyridine rings is 1. The Kier molecular flexibility index (Phi) is 5.65. The molecule has 1 aliphatic rings. The molecule has 7 heteroatoms. The maximum Gasteiger partial charge on any atom is 0.160 e. The number of benzene rings is 1. The number of piperazine rings is 1. The fraction of sp³-hybridized carbons (Fsp3) is 0.429. The first-order valence-corrected chi connectivity index (χ1v) is 9.50. The summed E-state index contributed by atoms with van der Waals surface area (Å²) < 4.78 is 29.7. The van der Waals surface area contributed by atoms with Crippen LogP contribution in [0.1, 0.15) is 36.8 Å². The molecular formula is C21H26F2N4O. The predicted octanol–water partition coefficient (Wildman–Crippen LogP) is 3.36. The minimum Gasteiger partial charge on any atom is -0.355 e. The van der Waals surface area contributed by atoms with Crippen LogP contribution >= 0.6 is 0 Å². The smallest absolute Gasteiger partial charge is 0.160 e. The summed E-state index contributed by atoms with van der Waals surface area (Å²) in [4.78, 5) is 16.2. The van der Waals surface area contributed by atoms with Crippen LogP contribution in [-0.4, -0.2) is 52.9 Å². The number of aldehydes is 1. The molecule has 0 saturated carbocycles. The predicted molar refractivity (Wildman–Crippen MR) is 106 cm³/mol. The molecule has 3 rings (SSSR count). The third kappa shape index (κ3) is 3.35. The van der Waals surface area contributed by atoms with Gasteiger partial charge in [0.05, 0.1) is 16.4 Å². The van der Waals surface area contributed by atoms with Crippen molar-refractivity contribution in [1.82, 2.24) is 14.4 Å². The summed E-state index contributed by atoms with van der Waals surface area (Å²) in [5.74, 6) is -1.19. The molecule has 1 fully saturated rings. The van der Waals surface area contributed by atoms with Crippen molar-refractivity contribution >= 4 is 23.0 Å². The lowest BCUT2D eigenvalue weighted by Gasteiger charge is -2.40. The van der Waals surface area contributed by atoms with Crippen molar-refractivity contribution in [3.05, 3.63) is 46.5 Å². The molecule has 0 spiro atoms. The maximum atomic E-state index is 14.1. The molecule has 0 unspecified atom stereocenters. The molecule has 1 aromatic heterocycles. The monoisotopic (exact) mass is 388 g/mol. The van der Waals surface area contributed by atoms with E-state index in [1.165, 1.54) is 0 Å². The Morgan fingerprint density at radius 3 is 2.29 bits per heavy atom. The molecule has 0 radical (unpaired) electrons. The summed E-state index contributed by atoms with van der Waals surface area (Å²) in [6.07, 6.45) is 2.52. The van der Waals surface area contributed by atoms with Crippen molar-refractivity contribution in [3.63, 3.8) is 0 Å². The quantitative estimate of drug-likeness (QED) is 0.817. The molecule has 0 bridgehead atoms. The van der Waals surface area contributed by atoms with E-state index in [9.17, 15) is 13.6 Å². The minimum atomic E-state index is -1.03. The molecule has 0 atom stereocenters. The van der Waals surface area contributed by atoms with Gasteiger partial charge in [0.15, 0.2) is 17.9 Å². The highest BCUT2D eigenvalue weighted by molar-refractivity contribution is 5.89. The van der Waals surface area contributed by atoms with Crippen molar-refractivity contribution in [1.29, 1.82) is 5.41 Å². The van der Waals surface area contributed by atoms with Gasteiger partial charge in [0, 0.05) is 49.4 Å². The normalized spacial score (nSPS) is 16.2. The van der Waals surface area contributed by atoms with Gasteiger partial charge in [-0.2, -0.15) is 0 Å². The van der Waals surface area contributed by atoms with Crippen LogP contribution in [0.4, 0.5) is 8.78 Å². The Hall–Kier alpha value is -2.54. The number of fused-ring (bicyclic) bond motifs is 1. The van der Waals surface area contributed by atoms with Gasteiger partial charge in [-0.25, -0.2) is 8.78 Å². The first-order valence-electron chi connectivity index (χ1n) is 9.50. The first-order chi connectivity index (χ1) is 13.3. The fourth-order valence-corrected chi connectivity index (χ4v) is 3.91. The van der Waals surface area contributed by atoms with Gasteiger partial charge in [-0.05, 0) is 39.8 Å². The van der Waals surface area contributed by atoms with Crippen LogP contribution in [0.25, 0.3) is 16.7 Å². The lowest BCUT2D eigenvalue weighted by molar-refractivity contribution is 0.112. The number of rotatable bonds is 4.